The van der Waals surface area contributed by atoms with Crippen LogP contribution in [0.3, 0.4) is 0 Å². The monoisotopic (exact) mass is 469 g/mol. The fraction of sp³-hybridized carbons (Fsp3) is 0.304. The number of aromatic amines is 1. The summed E-state index contributed by atoms with van der Waals surface area (Å²) in [5.74, 6) is -2.63. The Bertz CT molecular complexity index is 1370. The first kappa shape index (κ1) is 21.9. The highest BCUT2D eigenvalue weighted by Gasteiger charge is 2.26. The molecular weight excluding hydrogens is 447 g/mol. The largest absolute Gasteiger partial charge is 0.365 e. The fourth-order valence-corrected chi connectivity index (χ4v) is 4.37. The second-order valence-electron chi connectivity index (χ2n) is 8.50. The first-order chi connectivity index (χ1) is 16.4. The molecule has 0 saturated heterocycles. The van der Waals surface area contributed by atoms with Gasteiger partial charge in [0.15, 0.2) is 17.5 Å². The summed E-state index contributed by atoms with van der Waals surface area (Å²) in [5.41, 5.74) is 0.874. The lowest BCUT2D eigenvalue weighted by Gasteiger charge is -2.30. The topological polar surface area (TPSA) is 101 Å². The van der Waals surface area contributed by atoms with Crippen molar-refractivity contribution in [3.63, 3.8) is 0 Å². The van der Waals surface area contributed by atoms with Gasteiger partial charge in [0.25, 0.3) is 5.91 Å². The minimum Gasteiger partial charge on any atom is -0.365 e. The molecule has 1 amide bonds. The highest BCUT2D eigenvalue weighted by molar-refractivity contribution is 5.93. The zero-order valence-electron chi connectivity index (χ0n) is 18.3. The predicted octanol–water partition coefficient (Wildman–Crippen LogP) is 3.93. The lowest BCUT2D eigenvalue weighted by Crippen LogP contribution is -2.42. The van der Waals surface area contributed by atoms with Crippen molar-refractivity contribution in [1.29, 1.82) is 0 Å². The number of imidazole rings is 1. The summed E-state index contributed by atoms with van der Waals surface area (Å²) < 4.78 is 44.7. The molecule has 0 aromatic carbocycles. The van der Waals surface area contributed by atoms with E-state index in [1.807, 2.05) is 0 Å². The van der Waals surface area contributed by atoms with Gasteiger partial charge in [-0.3, -0.25) is 4.79 Å². The number of pyridine rings is 2. The fourth-order valence-electron chi connectivity index (χ4n) is 4.37. The number of carbonyl (C=O) groups is 1. The summed E-state index contributed by atoms with van der Waals surface area (Å²) in [7, 11) is 1.78. The van der Waals surface area contributed by atoms with Gasteiger partial charge in [-0.05, 0) is 31.7 Å². The van der Waals surface area contributed by atoms with E-state index >= 15 is 0 Å². The molecule has 1 fully saturated rings. The molecule has 0 spiro atoms. The van der Waals surface area contributed by atoms with E-state index in [0.717, 1.165) is 31.5 Å². The third kappa shape index (κ3) is 4.33. The number of nitrogens with one attached hydrogen (secondary N) is 3. The predicted molar refractivity (Wildman–Crippen MR) is 120 cm³/mol. The summed E-state index contributed by atoms with van der Waals surface area (Å²) in [4.78, 5) is 27.5. The van der Waals surface area contributed by atoms with Crippen LogP contribution in [0.1, 0.15) is 36.2 Å². The number of carbonyl (C=O) groups excluding carboxylic acids is 1. The summed E-state index contributed by atoms with van der Waals surface area (Å²) in [6.45, 7) is 0. The van der Waals surface area contributed by atoms with Gasteiger partial charge in [-0.15, -0.1) is 0 Å². The molecule has 1 aliphatic carbocycles. The van der Waals surface area contributed by atoms with E-state index in [9.17, 15) is 18.0 Å². The van der Waals surface area contributed by atoms with Gasteiger partial charge in [-0.25, -0.2) is 28.1 Å². The first-order valence-corrected chi connectivity index (χ1v) is 10.9. The van der Waals surface area contributed by atoms with Gasteiger partial charge in [0.05, 0.1) is 12.5 Å². The van der Waals surface area contributed by atoms with E-state index in [1.165, 1.54) is 12.3 Å². The Labute approximate surface area is 192 Å². The van der Waals surface area contributed by atoms with Crippen LogP contribution < -0.4 is 10.6 Å². The minimum atomic E-state index is -0.864. The summed E-state index contributed by atoms with van der Waals surface area (Å²) in [5, 5.41) is 6.38. The highest BCUT2D eigenvalue weighted by atomic mass is 19.1. The molecule has 2 unspecified atom stereocenters. The van der Waals surface area contributed by atoms with E-state index in [1.54, 1.807) is 24.1 Å². The Morgan fingerprint density at radius 3 is 2.76 bits per heavy atom. The Morgan fingerprint density at radius 1 is 1.15 bits per heavy atom. The van der Waals surface area contributed by atoms with Gasteiger partial charge in [0.2, 0.25) is 0 Å². The number of halogens is 3. The van der Waals surface area contributed by atoms with Gasteiger partial charge in [0.1, 0.15) is 22.9 Å². The molecular formula is C23H22F3N7O. The van der Waals surface area contributed by atoms with Gasteiger partial charge in [0, 0.05) is 48.5 Å². The molecule has 0 radical (unpaired) electrons. The van der Waals surface area contributed by atoms with Crippen LogP contribution in [0.15, 0.2) is 37.1 Å². The molecule has 34 heavy (non-hydrogen) atoms. The molecule has 0 aliphatic heterocycles. The second-order valence-corrected chi connectivity index (χ2v) is 8.50. The average Bonchev–Trinajstić information content (AvgIpc) is 3.42. The smallest absolute Gasteiger partial charge is 0.271 e. The normalized spacial score (nSPS) is 18.2. The van der Waals surface area contributed by atoms with Crippen LogP contribution >= 0.6 is 0 Å². The number of rotatable bonds is 5. The second kappa shape index (κ2) is 8.81. The standard InChI is InChI=1S/C23H22F3N7O/c1-33-10-19(29-11-33)23(34)31-14-4-2-3-13(6-14)30-22-18(26)7-17(25)20(32-22)16-9-28-21-15(16)5-12(24)8-27-21/h5,7-11,13-14H,2-4,6H2,1H3,(H,27,28)(H,30,32)(H,31,34). The van der Waals surface area contributed by atoms with Crippen LogP contribution in [0, 0.1) is 17.5 Å². The number of H-pyrrole nitrogens is 1. The molecule has 0 bridgehead atoms. The average molecular weight is 469 g/mol. The molecule has 1 saturated carbocycles. The quantitative estimate of drug-likeness (QED) is 0.411. The van der Waals surface area contributed by atoms with Crippen LogP contribution in [0.2, 0.25) is 0 Å². The molecule has 4 heterocycles. The molecule has 3 N–H and O–H groups in total. The summed E-state index contributed by atoms with van der Waals surface area (Å²) in [6.07, 6.45) is 8.60. The maximum atomic E-state index is 14.7. The Hall–Kier alpha value is -3.89. The van der Waals surface area contributed by atoms with Crippen molar-refractivity contribution in [2.75, 3.05) is 5.32 Å². The SMILES string of the molecule is Cn1cnc(C(=O)NC2CCCC(Nc3nc(-c4c[nH]c5ncc(F)cc45)c(F)cc3F)C2)c1. The van der Waals surface area contributed by atoms with Crippen LogP contribution in [-0.4, -0.2) is 42.5 Å². The number of hydrogen-bond donors (Lipinski definition) is 3. The van der Waals surface area contributed by atoms with Crippen LogP contribution in [0.25, 0.3) is 22.3 Å². The van der Waals surface area contributed by atoms with Crippen molar-refractivity contribution < 1.29 is 18.0 Å². The molecule has 176 valence electrons. The van der Waals surface area contributed by atoms with Crippen LogP contribution in [0.4, 0.5) is 19.0 Å². The number of aromatic nitrogens is 5. The number of hydrogen-bond acceptors (Lipinski definition) is 5. The molecule has 2 atom stereocenters. The summed E-state index contributed by atoms with van der Waals surface area (Å²) in [6, 6.07) is 1.69. The van der Waals surface area contributed by atoms with Crippen molar-refractivity contribution in [3.8, 4) is 11.3 Å². The Balaban J connectivity index is 1.35. The first-order valence-electron chi connectivity index (χ1n) is 10.9. The van der Waals surface area contributed by atoms with Gasteiger partial charge >= 0.3 is 0 Å². The van der Waals surface area contributed by atoms with Crippen LogP contribution in [-0.2, 0) is 7.05 Å². The number of nitrogens with zero attached hydrogens (tertiary/aromatic N) is 4. The zero-order chi connectivity index (χ0) is 23.8. The van der Waals surface area contributed by atoms with Crippen molar-refractivity contribution >= 4 is 22.8 Å². The number of fused-ring (bicyclic) bond motifs is 1. The zero-order valence-corrected chi connectivity index (χ0v) is 18.3. The van der Waals surface area contributed by atoms with Crippen LogP contribution in [0.5, 0.6) is 0 Å². The van der Waals surface area contributed by atoms with Gasteiger partial charge in [-0.2, -0.15) is 0 Å². The van der Waals surface area contributed by atoms with Crippen molar-refractivity contribution in [2.24, 2.45) is 7.05 Å². The maximum absolute atomic E-state index is 14.7. The number of amides is 1. The highest BCUT2D eigenvalue weighted by Crippen LogP contribution is 2.31. The van der Waals surface area contributed by atoms with E-state index in [2.05, 4.69) is 30.6 Å². The molecule has 1 aliphatic rings. The van der Waals surface area contributed by atoms with E-state index in [-0.39, 0.29) is 35.1 Å². The van der Waals surface area contributed by atoms with E-state index in [4.69, 9.17) is 0 Å². The van der Waals surface area contributed by atoms with E-state index < -0.39 is 17.5 Å². The molecule has 11 heteroatoms. The lowest BCUT2D eigenvalue weighted by atomic mass is 9.91. The van der Waals surface area contributed by atoms with E-state index in [0.29, 0.717) is 23.1 Å². The van der Waals surface area contributed by atoms with Gasteiger partial charge in [-0.1, -0.05) is 0 Å². The summed E-state index contributed by atoms with van der Waals surface area (Å²) >= 11 is 0. The number of anilines is 1. The van der Waals surface area contributed by atoms with Crippen molar-refractivity contribution in [2.45, 2.75) is 37.8 Å². The molecule has 4 aromatic rings. The molecule has 5 rings (SSSR count). The number of aryl methyl sites for hydroxylation is 1. The van der Waals surface area contributed by atoms with Crippen molar-refractivity contribution in [3.05, 3.63) is 60.2 Å². The van der Waals surface area contributed by atoms with Crippen molar-refractivity contribution in [1.82, 2.24) is 29.8 Å². The third-order valence-electron chi connectivity index (χ3n) is 5.97. The lowest BCUT2D eigenvalue weighted by molar-refractivity contribution is 0.0921. The molecule has 4 aromatic heterocycles. The Kier molecular flexibility index (Phi) is 5.68. The Morgan fingerprint density at radius 2 is 1.97 bits per heavy atom. The maximum Gasteiger partial charge on any atom is 0.271 e. The van der Waals surface area contributed by atoms with Gasteiger partial charge < -0.3 is 20.2 Å². The molecule has 8 nitrogen and oxygen atoms in total. The third-order valence-corrected chi connectivity index (χ3v) is 5.97. The minimum absolute atomic E-state index is 0.100.